The average molecular weight is 505 g/mol. The molecule has 2 aromatic rings. The number of hydrogen-bond acceptors (Lipinski definition) is 6. The highest BCUT2D eigenvalue weighted by Gasteiger charge is 2.33. The second-order valence-corrected chi connectivity index (χ2v) is 10.1. The lowest BCUT2D eigenvalue weighted by molar-refractivity contribution is -0.138. The lowest BCUT2D eigenvalue weighted by Crippen LogP contribution is -2.48. The van der Waals surface area contributed by atoms with Gasteiger partial charge in [0.25, 0.3) is 0 Å². The molecule has 0 saturated carbocycles. The van der Waals surface area contributed by atoms with Crippen molar-refractivity contribution in [3.63, 3.8) is 0 Å². The number of amides is 2. The van der Waals surface area contributed by atoms with Gasteiger partial charge < -0.3 is 19.3 Å². The molecule has 2 atom stereocenters. The molecule has 0 unspecified atom stereocenters. The zero-order chi connectivity index (χ0) is 25.5. The predicted molar refractivity (Wildman–Crippen MR) is 140 cm³/mol. The maximum atomic E-state index is 13.5. The Morgan fingerprint density at radius 3 is 2.76 bits per heavy atom. The van der Waals surface area contributed by atoms with Gasteiger partial charge in [-0.05, 0) is 36.0 Å². The highest BCUT2D eigenvalue weighted by Crippen LogP contribution is 2.30. The van der Waals surface area contributed by atoms with E-state index >= 15 is 0 Å². The number of para-hydroxylation sites is 1. The number of carbonyl (C=O) groups excluding carboxylic acids is 2. The fraction of sp³-hybridized carbons (Fsp3) is 0.483. The van der Waals surface area contributed by atoms with E-state index in [1.54, 1.807) is 6.20 Å². The molecule has 4 heterocycles. The molecule has 3 aliphatic heterocycles. The standard InChI is InChI=1S/C29H36N4O4/c34-28(32-12-15-36-16-13-32)17-24-9-11-33-21-25(24)7-4-14-37-27-8-2-1-6-26(27)20-31(22-29(33)35)19-23-5-3-10-30-18-23/h1-8,10,18,24-25H,9,11-17,19-22H2/b7-4-/t24-,25-/m0/s1. The van der Waals surface area contributed by atoms with E-state index in [1.807, 2.05) is 52.4 Å². The topological polar surface area (TPSA) is 75.2 Å². The van der Waals surface area contributed by atoms with Crippen molar-refractivity contribution >= 4 is 11.8 Å². The lowest BCUT2D eigenvalue weighted by atomic mass is 9.82. The highest BCUT2D eigenvalue weighted by molar-refractivity contribution is 5.79. The summed E-state index contributed by atoms with van der Waals surface area (Å²) in [6.07, 6.45) is 9.15. The average Bonchev–Trinajstić information content (AvgIpc) is 2.94. The molecule has 2 bridgehead atoms. The van der Waals surface area contributed by atoms with Gasteiger partial charge in [-0.15, -0.1) is 0 Å². The summed E-state index contributed by atoms with van der Waals surface area (Å²) in [6.45, 7) is 5.85. The van der Waals surface area contributed by atoms with E-state index in [1.165, 1.54) is 0 Å². The van der Waals surface area contributed by atoms with Crippen LogP contribution in [-0.4, -0.2) is 84.0 Å². The van der Waals surface area contributed by atoms with Gasteiger partial charge in [0, 0.05) is 63.6 Å². The third kappa shape index (κ3) is 6.76. The van der Waals surface area contributed by atoms with Gasteiger partial charge in [-0.1, -0.05) is 36.4 Å². The van der Waals surface area contributed by atoms with Crippen LogP contribution in [0.3, 0.4) is 0 Å². The smallest absolute Gasteiger partial charge is 0.236 e. The van der Waals surface area contributed by atoms with Gasteiger partial charge in [-0.25, -0.2) is 0 Å². The van der Waals surface area contributed by atoms with Crippen LogP contribution in [0.15, 0.2) is 60.9 Å². The summed E-state index contributed by atoms with van der Waals surface area (Å²) in [5.41, 5.74) is 2.12. The molecule has 2 saturated heterocycles. The minimum absolute atomic E-state index is 0.120. The van der Waals surface area contributed by atoms with Gasteiger partial charge in [0.15, 0.2) is 0 Å². The molecule has 37 heavy (non-hydrogen) atoms. The molecule has 2 fully saturated rings. The molecule has 0 spiro atoms. The Morgan fingerprint density at radius 1 is 1.05 bits per heavy atom. The van der Waals surface area contributed by atoms with Crippen molar-refractivity contribution in [2.24, 2.45) is 11.8 Å². The molecule has 8 nitrogen and oxygen atoms in total. The Kier molecular flexibility index (Phi) is 8.48. The first kappa shape index (κ1) is 25.4. The fourth-order valence-electron chi connectivity index (χ4n) is 5.49. The van der Waals surface area contributed by atoms with E-state index in [0.717, 1.165) is 23.3 Å². The van der Waals surface area contributed by atoms with Crippen molar-refractivity contribution in [3.05, 3.63) is 72.1 Å². The van der Waals surface area contributed by atoms with Crippen LogP contribution in [0.4, 0.5) is 0 Å². The fourth-order valence-corrected chi connectivity index (χ4v) is 5.49. The van der Waals surface area contributed by atoms with Gasteiger partial charge in [0.2, 0.25) is 11.8 Å². The number of aromatic nitrogens is 1. The second kappa shape index (κ2) is 12.3. The van der Waals surface area contributed by atoms with E-state index in [4.69, 9.17) is 9.47 Å². The van der Waals surface area contributed by atoms with Crippen molar-refractivity contribution in [3.8, 4) is 5.75 Å². The summed E-state index contributed by atoms with van der Waals surface area (Å²) in [7, 11) is 0. The summed E-state index contributed by atoms with van der Waals surface area (Å²) in [6, 6.07) is 12.0. The van der Waals surface area contributed by atoms with Crippen LogP contribution >= 0.6 is 0 Å². The maximum absolute atomic E-state index is 13.5. The van der Waals surface area contributed by atoms with Crippen molar-refractivity contribution in [2.75, 3.05) is 52.5 Å². The van der Waals surface area contributed by atoms with E-state index in [0.29, 0.717) is 72.1 Å². The van der Waals surface area contributed by atoms with E-state index in [9.17, 15) is 9.59 Å². The molecule has 0 N–H and O–H groups in total. The first-order chi connectivity index (χ1) is 18.2. The SMILES string of the molecule is O=C(C[C@@H]1CCN2C[C@@H]1/C=C\COc1ccccc1CN(Cc1cccnc1)CC2=O)N1CCOCC1. The number of piperidine rings is 1. The van der Waals surface area contributed by atoms with Crippen LogP contribution in [0.2, 0.25) is 0 Å². The molecule has 0 aliphatic carbocycles. The predicted octanol–water partition coefficient (Wildman–Crippen LogP) is 2.75. The van der Waals surface area contributed by atoms with Crippen LogP contribution < -0.4 is 4.74 Å². The van der Waals surface area contributed by atoms with Crippen LogP contribution in [0.5, 0.6) is 5.75 Å². The number of nitrogens with zero attached hydrogens (tertiary/aromatic N) is 4. The minimum Gasteiger partial charge on any atom is -0.489 e. The highest BCUT2D eigenvalue weighted by atomic mass is 16.5. The monoisotopic (exact) mass is 504 g/mol. The molecular formula is C29H36N4O4. The van der Waals surface area contributed by atoms with Gasteiger partial charge >= 0.3 is 0 Å². The number of fused-ring (bicyclic) bond motifs is 3. The lowest BCUT2D eigenvalue weighted by Gasteiger charge is -2.39. The first-order valence-electron chi connectivity index (χ1n) is 13.3. The zero-order valence-electron chi connectivity index (χ0n) is 21.3. The molecule has 8 heteroatoms. The van der Waals surface area contributed by atoms with E-state index in [-0.39, 0.29) is 23.7 Å². The molecule has 2 amide bonds. The zero-order valence-corrected chi connectivity index (χ0v) is 21.3. The summed E-state index contributed by atoms with van der Waals surface area (Å²) in [5.74, 6) is 1.47. The third-order valence-corrected chi connectivity index (χ3v) is 7.53. The van der Waals surface area contributed by atoms with Crippen molar-refractivity contribution in [1.82, 2.24) is 19.7 Å². The maximum Gasteiger partial charge on any atom is 0.236 e. The Balaban J connectivity index is 1.34. The van der Waals surface area contributed by atoms with Crippen LogP contribution in [0.1, 0.15) is 24.0 Å². The Labute approximate surface area is 218 Å². The number of pyridine rings is 1. The summed E-state index contributed by atoms with van der Waals surface area (Å²) >= 11 is 0. The van der Waals surface area contributed by atoms with E-state index in [2.05, 4.69) is 22.0 Å². The second-order valence-electron chi connectivity index (χ2n) is 10.1. The molecule has 196 valence electrons. The largest absolute Gasteiger partial charge is 0.489 e. The minimum atomic E-state index is 0.120. The number of morpholine rings is 1. The van der Waals surface area contributed by atoms with Crippen LogP contribution in [0.25, 0.3) is 0 Å². The normalized spacial score (nSPS) is 24.2. The van der Waals surface area contributed by atoms with Gasteiger partial charge in [0.1, 0.15) is 12.4 Å². The quantitative estimate of drug-likeness (QED) is 0.596. The number of benzene rings is 1. The van der Waals surface area contributed by atoms with Crippen molar-refractivity contribution in [2.45, 2.75) is 25.9 Å². The number of hydrogen-bond donors (Lipinski definition) is 0. The van der Waals surface area contributed by atoms with Crippen molar-refractivity contribution in [1.29, 1.82) is 0 Å². The van der Waals surface area contributed by atoms with Gasteiger partial charge in [0.05, 0.1) is 19.8 Å². The Hall–Kier alpha value is -3.23. The number of carbonyl (C=O) groups is 2. The molecule has 5 rings (SSSR count). The molecule has 1 aromatic carbocycles. The first-order valence-corrected chi connectivity index (χ1v) is 13.3. The summed E-state index contributed by atoms with van der Waals surface area (Å²) in [4.78, 5) is 36.8. The third-order valence-electron chi connectivity index (χ3n) is 7.53. The number of rotatable bonds is 4. The number of ether oxygens (including phenoxy) is 2. The van der Waals surface area contributed by atoms with Crippen LogP contribution in [-0.2, 0) is 27.4 Å². The summed E-state index contributed by atoms with van der Waals surface area (Å²) < 4.78 is 11.6. The van der Waals surface area contributed by atoms with Gasteiger partial charge in [-0.2, -0.15) is 0 Å². The van der Waals surface area contributed by atoms with Gasteiger partial charge in [-0.3, -0.25) is 19.5 Å². The van der Waals surface area contributed by atoms with E-state index < -0.39 is 0 Å². The molecule has 1 aromatic heterocycles. The Morgan fingerprint density at radius 2 is 1.92 bits per heavy atom. The Bertz CT molecular complexity index is 1090. The molecule has 3 aliphatic rings. The van der Waals surface area contributed by atoms with Crippen LogP contribution in [0, 0.1) is 11.8 Å². The molecular weight excluding hydrogens is 468 g/mol. The van der Waals surface area contributed by atoms with Crippen molar-refractivity contribution < 1.29 is 19.1 Å². The molecule has 0 radical (unpaired) electrons. The summed E-state index contributed by atoms with van der Waals surface area (Å²) in [5, 5.41) is 0.